The molecule has 146 valence electrons. The van der Waals surface area contributed by atoms with Crippen molar-refractivity contribution in [1.29, 1.82) is 0 Å². The molecule has 29 heavy (non-hydrogen) atoms. The van der Waals surface area contributed by atoms with Gasteiger partial charge in [-0.25, -0.2) is 4.79 Å². The third-order valence-electron chi connectivity index (χ3n) is 5.06. The van der Waals surface area contributed by atoms with E-state index in [1.807, 2.05) is 30.3 Å². The van der Waals surface area contributed by atoms with Crippen LogP contribution in [0.1, 0.15) is 39.6 Å². The summed E-state index contributed by atoms with van der Waals surface area (Å²) in [6.45, 7) is 0.745. The average Bonchev–Trinajstić information content (AvgIpc) is 3.34. The van der Waals surface area contributed by atoms with Crippen molar-refractivity contribution in [2.24, 2.45) is 0 Å². The lowest BCUT2D eigenvalue weighted by Gasteiger charge is -2.14. The second-order valence-corrected chi connectivity index (χ2v) is 6.80. The Morgan fingerprint density at radius 1 is 1.03 bits per heavy atom. The molecule has 0 atom stereocenters. The summed E-state index contributed by atoms with van der Waals surface area (Å²) in [5.41, 5.74) is 5.51. The Labute approximate surface area is 169 Å². The largest absolute Gasteiger partial charge is 0.461 e. The number of carbonyl (C=O) groups is 2. The predicted octanol–water partition coefficient (Wildman–Crippen LogP) is 5.03. The number of hydrogen-bond acceptors (Lipinski definition) is 4. The van der Waals surface area contributed by atoms with Gasteiger partial charge in [0.15, 0.2) is 12.0 Å². The summed E-state index contributed by atoms with van der Waals surface area (Å²) in [6.07, 6.45) is 6.01. The molecule has 0 unspecified atom stereocenters. The first-order valence-electron chi connectivity index (χ1n) is 9.56. The molecule has 1 amide bonds. The number of hydrogen-bond donors (Lipinski definition) is 1. The van der Waals surface area contributed by atoms with Gasteiger partial charge in [0, 0.05) is 18.0 Å². The molecule has 3 aromatic rings. The first-order chi connectivity index (χ1) is 14.3. The Bertz CT molecular complexity index is 1000. The maximum absolute atomic E-state index is 12.1. The molecule has 0 bridgehead atoms. The van der Waals surface area contributed by atoms with Crippen molar-refractivity contribution in [2.45, 2.75) is 12.3 Å². The molecule has 2 aromatic carbocycles. The van der Waals surface area contributed by atoms with Crippen molar-refractivity contribution in [3.63, 3.8) is 0 Å². The summed E-state index contributed by atoms with van der Waals surface area (Å²) in [6, 6.07) is 18.2. The molecule has 0 saturated carbocycles. The number of rotatable bonds is 7. The predicted molar refractivity (Wildman–Crippen MR) is 111 cm³/mol. The Balaban J connectivity index is 1.28. The maximum atomic E-state index is 12.1. The molecule has 1 N–H and O–H groups in total. The van der Waals surface area contributed by atoms with Crippen LogP contribution in [0, 0.1) is 0 Å². The number of amides is 1. The topological polar surface area (TPSA) is 68.5 Å². The fourth-order valence-electron chi connectivity index (χ4n) is 3.68. The Morgan fingerprint density at radius 2 is 1.72 bits per heavy atom. The van der Waals surface area contributed by atoms with Crippen LogP contribution in [0.2, 0.25) is 0 Å². The van der Waals surface area contributed by atoms with E-state index >= 15 is 0 Å². The number of aldehydes is 1. The van der Waals surface area contributed by atoms with E-state index in [1.54, 1.807) is 12.1 Å². The Kier molecular flexibility index (Phi) is 5.56. The van der Waals surface area contributed by atoms with Crippen LogP contribution in [0.3, 0.4) is 0 Å². The van der Waals surface area contributed by atoms with E-state index in [0.29, 0.717) is 31.6 Å². The number of nitrogens with one attached hydrogen (secondary N) is 1. The molecule has 0 spiro atoms. The zero-order valence-corrected chi connectivity index (χ0v) is 15.8. The van der Waals surface area contributed by atoms with Crippen LogP contribution in [0.4, 0.5) is 4.79 Å². The smallest absolute Gasteiger partial charge is 0.407 e. The van der Waals surface area contributed by atoms with Crippen molar-refractivity contribution in [1.82, 2.24) is 5.32 Å². The first-order valence-corrected chi connectivity index (χ1v) is 9.56. The van der Waals surface area contributed by atoms with Gasteiger partial charge in [0.1, 0.15) is 6.61 Å². The first kappa shape index (κ1) is 18.7. The number of alkyl carbamates (subject to hydrolysis) is 1. The minimum atomic E-state index is -0.433. The minimum absolute atomic E-state index is 0.0518. The van der Waals surface area contributed by atoms with E-state index in [-0.39, 0.29) is 5.92 Å². The molecule has 5 nitrogen and oxygen atoms in total. The van der Waals surface area contributed by atoms with Gasteiger partial charge in [-0.15, -0.1) is 0 Å². The highest BCUT2D eigenvalue weighted by molar-refractivity contribution is 5.79. The number of fused-ring (bicyclic) bond motifs is 3. The quantitative estimate of drug-likeness (QED) is 0.456. The Hall–Kier alpha value is -3.60. The third kappa shape index (κ3) is 3.99. The van der Waals surface area contributed by atoms with Crippen molar-refractivity contribution in [3.05, 3.63) is 89.4 Å². The highest BCUT2D eigenvalue weighted by Gasteiger charge is 2.28. The SMILES string of the molecule is O=Cc1occc1C=CCCNC(=O)OCC1c2ccccc2-c2ccccc21. The summed E-state index contributed by atoms with van der Waals surface area (Å²) in [5.74, 6) is 0.349. The lowest BCUT2D eigenvalue weighted by Crippen LogP contribution is -2.26. The van der Waals surface area contributed by atoms with Gasteiger partial charge in [-0.3, -0.25) is 4.79 Å². The normalized spacial score (nSPS) is 12.6. The second-order valence-electron chi connectivity index (χ2n) is 6.80. The fraction of sp³-hybridized carbons (Fsp3) is 0.167. The van der Waals surface area contributed by atoms with E-state index < -0.39 is 6.09 Å². The van der Waals surface area contributed by atoms with Gasteiger partial charge in [-0.05, 0) is 34.7 Å². The standard InChI is InChI=1S/C24H21NO4/c26-15-23-17(12-14-28-23)7-5-6-13-25-24(27)29-16-22-20-10-3-1-8-18(20)19-9-2-4-11-21(19)22/h1-5,7-12,14-15,22H,6,13,16H2,(H,25,27). The molecule has 0 fully saturated rings. The van der Waals surface area contributed by atoms with Crippen LogP contribution in [-0.2, 0) is 4.74 Å². The van der Waals surface area contributed by atoms with Crippen molar-refractivity contribution in [3.8, 4) is 11.1 Å². The highest BCUT2D eigenvalue weighted by atomic mass is 16.5. The third-order valence-corrected chi connectivity index (χ3v) is 5.06. The van der Waals surface area contributed by atoms with E-state index in [4.69, 9.17) is 9.15 Å². The van der Waals surface area contributed by atoms with Crippen LogP contribution in [-0.4, -0.2) is 25.5 Å². The van der Waals surface area contributed by atoms with Crippen LogP contribution >= 0.6 is 0 Å². The zero-order valence-electron chi connectivity index (χ0n) is 15.8. The van der Waals surface area contributed by atoms with Crippen LogP contribution in [0.25, 0.3) is 17.2 Å². The highest BCUT2D eigenvalue weighted by Crippen LogP contribution is 2.44. The van der Waals surface area contributed by atoms with Gasteiger partial charge in [-0.1, -0.05) is 60.7 Å². The molecule has 1 aliphatic carbocycles. The van der Waals surface area contributed by atoms with Gasteiger partial charge in [0.25, 0.3) is 0 Å². The van der Waals surface area contributed by atoms with Crippen molar-refractivity contribution >= 4 is 18.5 Å². The monoisotopic (exact) mass is 387 g/mol. The molecule has 0 saturated heterocycles. The summed E-state index contributed by atoms with van der Waals surface area (Å²) >= 11 is 0. The van der Waals surface area contributed by atoms with E-state index in [1.165, 1.54) is 28.5 Å². The maximum Gasteiger partial charge on any atom is 0.407 e. The van der Waals surface area contributed by atoms with E-state index in [2.05, 4.69) is 29.6 Å². The minimum Gasteiger partial charge on any atom is -0.461 e. The Morgan fingerprint density at radius 3 is 2.41 bits per heavy atom. The lowest BCUT2D eigenvalue weighted by molar-refractivity contribution is 0.110. The second kappa shape index (κ2) is 8.61. The van der Waals surface area contributed by atoms with Gasteiger partial charge in [0.2, 0.25) is 0 Å². The summed E-state index contributed by atoms with van der Waals surface area (Å²) < 4.78 is 10.5. The van der Waals surface area contributed by atoms with E-state index in [0.717, 1.165) is 5.56 Å². The molecule has 0 radical (unpaired) electrons. The molecule has 1 heterocycles. The van der Waals surface area contributed by atoms with Crippen LogP contribution in [0.5, 0.6) is 0 Å². The van der Waals surface area contributed by atoms with Crippen molar-refractivity contribution < 1.29 is 18.7 Å². The molecule has 1 aliphatic rings. The number of ether oxygens (including phenoxy) is 1. The molecular weight excluding hydrogens is 366 g/mol. The van der Waals surface area contributed by atoms with Crippen molar-refractivity contribution in [2.75, 3.05) is 13.2 Å². The molecule has 0 aliphatic heterocycles. The van der Waals surface area contributed by atoms with E-state index in [9.17, 15) is 9.59 Å². The average molecular weight is 387 g/mol. The molecule has 4 rings (SSSR count). The van der Waals surface area contributed by atoms with Gasteiger partial charge >= 0.3 is 6.09 Å². The molecular formula is C24H21NO4. The number of carbonyl (C=O) groups excluding carboxylic acids is 2. The summed E-state index contributed by atoms with van der Waals surface area (Å²) in [4.78, 5) is 22.9. The molecule has 1 aromatic heterocycles. The van der Waals surface area contributed by atoms with Crippen LogP contribution < -0.4 is 5.32 Å². The van der Waals surface area contributed by atoms with Gasteiger partial charge in [0.05, 0.1) is 6.26 Å². The van der Waals surface area contributed by atoms with Gasteiger partial charge < -0.3 is 14.5 Å². The zero-order chi connectivity index (χ0) is 20.1. The van der Waals surface area contributed by atoms with Gasteiger partial charge in [-0.2, -0.15) is 0 Å². The number of furan rings is 1. The summed E-state index contributed by atoms with van der Waals surface area (Å²) in [5, 5.41) is 2.76. The lowest BCUT2D eigenvalue weighted by atomic mass is 9.98. The number of benzene rings is 2. The summed E-state index contributed by atoms with van der Waals surface area (Å²) in [7, 11) is 0. The van der Waals surface area contributed by atoms with Crippen LogP contribution in [0.15, 0.2) is 71.4 Å². The molecule has 5 heteroatoms. The fourth-order valence-corrected chi connectivity index (χ4v) is 3.68.